The van der Waals surface area contributed by atoms with Crippen molar-refractivity contribution >= 4 is 11.9 Å². The first kappa shape index (κ1) is 26.0. The first-order valence-electron chi connectivity index (χ1n) is 12.8. The molecule has 0 bridgehead atoms. The maximum Gasteiger partial charge on any atom is 0.325 e. The van der Waals surface area contributed by atoms with E-state index in [2.05, 4.69) is 16.3 Å². The highest BCUT2D eigenvalue weighted by molar-refractivity contribution is 6.07. The van der Waals surface area contributed by atoms with E-state index in [0.717, 1.165) is 55.1 Å². The van der Waals surface area contributed by atoms with Crippen LogP contribution in [0.4, 0.5) is 4.79 Å². The number of urea groups is 1. The van der Waals surface area contributed by atoms with Crippen LogP contribution in [-0.4, -0.2) is 72.3 Å². The van der Waals surface area contributed by atoms with Crippen LogP contribution in [0.25, 0.3) is 0 Å². The lowest BCUT2D eigenvalue weighted by molar-refractivity contribution is -0.134. The Morgan fingerprint density at radius 2 is 1.81 bits per heavy atom. The van der Waals surface area contributed by atoms with E-state index in [1.807, 2.05) is 49.4 Å². The van der Waals surface area contributed by atoms with Gasteiger partial charge in [0.15, 0.2) is 0 Å². The van der Waals surface area contributed by atoms with Crippen LogP contribution in [0.2, 0.25) is 0 Å². The van der Waals surface area contributed by atoms with Gasteiger partial charge in [0, 0.05) is 13.1 Å². The third-order valence-electron chi connectivity index (χ3n) is 7.49. The predicted octanol–water partition coefficient (Wildman–Crippen LogP) is 3.22. The fourth-order valence-electron chi connectivity index (χ4n) is 5.43. The number of rotatable bonds is 11. The van der Waals surface area contributed by atoms with E-state index < -0.39 is 5.54 Å². The predicted molar refractivity (Wildman–Crippen MR) is 137 cm³/mol. The van der Waals surface area contributed by atoms with Crippen LogP contribution in [0.15, 0.2) is 48.5 Å². The minimum atomic E-state index is -0.818. The average Bonchev–Trinajstić information content (AvgIpc) is 3.16. The highest BCUT2D eigenvalue weighted by Gasteiger charge is 2.54. The number of benzene rings is 2. The lowest BCUT2D eigenvalue weighted by Gasteiger charge is -2.40. The largest absolute Gasteiger partial charge is 0.497 e. The topological polar surface area (TPSA) is 91.3 Å². The molecule has 8 nitrogen and oxygen atoms in total. The Bertz CT molecular complexity index is 1040. The van der Waals surface area contributed by atoms with Crippen molar-refractivity contribution in [3.05, 3.63) is 59.7 Å². The molecule has 2 aliphatic rings. The van der Waals surface area contributed by atoms with Gasteiger partial charge in [-0.15, -0.1) is 0 Å². The van der Waals surface area contributed by atoms with Crippen molar-refractivity contribution in [1.82, 2.24) is 15.1 Å². The second-order valence-corrected chi connectivity index (χ2v) is 9.58. The molecule has 2 N–H and O–H groups in total. The van der Waals surface area contributed by atoms with E-state index in [4.69, 9.17) is 14.6 Å². The Balaban J connectivity index is 1.34. The number of hydrogen-bond donors (Lipinski definition) is 2. The normalized spacial score (nSPS) is 21.0. The number of amides is 3. The molecular formula is C28H37N3O5. The quantitative estimate of drug-likeness (QED) is 0.465. The number of nitrogens with zero attached hydrogens (tertiary/aromatic N) is 2. The molecule has 0 saturated carbocycles. The van der Waals surface area contributed by atoms with Gasteiger partial charge in [0.2, 0.25) is 0 Å². The number of ether oxygens (including phenoxy) is 2. The van der Waals surface area contributed by atoms with Gasteiger partial charge in [0.25, 0.3) is 5.91 Å². The van der Waals surface area contributed by atoms with Crippen molar-refractivity contribution in [3.8, 4) is 11.5 Å². The zero-order valence-electron chi connectivity index (χ0n) is 21.2. The van der Waals surface area contributed by atoms with Gasteiger partial charge in [-0.2, -0.15) is 0 Å². The number of carbonyl (C=O) groups is 2. The minimum Gasteiger partial charge on any atom is -0.497 e. The number of carbonyl (C=O) groups excluding carboxylic acids is 2. The van der Waals surface area contributed by atoms with E-state index in [9.17, 15) is 9.59 Å². The Labute approximate surface area is 213 Å². The number of aliphatic hydroxyl groups is 1. The number of likely N-dealkylation sites (tertiary alicyclic amines) is 1. The van der Waals surface area contributed by atoms with Gasteiger partial charge < -0.3 is 19.9 Å². The van der Waals surface area contributed by atoms with E-state index in [1.54, 1.807) is 7.11 Å². The molecule has 4 rings (SSSR count). The zero-order chi connectivity index (χ0) is 25.5. The smallest absolute Gasteiger partial charge is 0.325 e. The summed E-state index contributed by atoms with van der Waals surface area (Å²) >= 11 is 0. The Morgan fingerprint density at radius 3 is 2.47 bits per heavy atom. The second kappa shape index (κ2) is 11.8. The van der Waals surface area contributed by atoms with E-state index >= 15 is 0 Å². The molecule has 2 aromatic carbocycles. The summed E-state index contributed by atoms with van der Waals surface area (Å²) in [6.07, 6.45) is 2.91. The van der Waals surface area contributed by atoms with Gasteiger partial charge in [-0.25, -0.2) is 4.79 Å². The lowest BCUT2D eigenvalue weighted by atomic mass is 9.75. The van der Waals surface area contributed by atoms with Crippen LogP contribution in [-0.2, 0) is 17.8 Å². The van der Waals surface area contributed by atoms with Crippen molar-refractivity contribution in [2.45, 2.75) is 44.7 Å². The van der Waals surface area contributed by atoms with Gasteiger partial charge in [0.05, 0.1) is 13.7 Å². The average molecular weight is 496 g/mol. The highest BCUT2D eigenvalue weighted by atomic mass is 16.5. The van der Waals surface area contributed by atoms with Crippen LogP contribution in [0.5, 0.6) is 11.5 Å². The fraction of sp³-hybridized carbons (Fsp3) is 0.500. The molecular weight excluding hydrogens is 458 g/mol. The summed E-state index contributed by atoms with van der Waals surface area (Å²) in [6, 6.07) is 15.4. The third kappa shape index (κ3) is 5.65. The molecule has 0 spiro atoms. The summed E-state index contributed by atoms with van der Waals surface area (Å²) < 4.78 is 10.7. The molecule has 194 valence electrons. The first-order chi connectivity index (χ1) is 17.5. The standard InChI is InChI=1S/C28H37N3O5/c1-3-28(26(33)31(27(34)29-28)16-11-21-7-9-24(35-2)10-8-21)23-12-14-30(15-13-23)20-22-5-4-6-25(19-22)36-18-17-32/h4-10,19,23,32H,3,11-18,20H2,1-2H3,(H,29,34)/t28-/m1/s1. The third-order valence-corrected chi connectivity index (χ3v) is 7.49. The van der Waals surface area contributed by atoms with E-state index in [1.165, 1.54) is 4.90 Å². The number of aliphatic hydroxyl groups excluding tert-OH is 1. The summed E-state index contributed by atoms with van der Waals surface area (Å²) in [5, 5.41) is 12.1. The fourth-order valence-corrected chi connectivity index (χ4v) is 5.43. The van der Waals surface area contributed by atoms with E-state index in [0.29, 0.717) is 19.4 Å². The molecule has 0 radical (unpaired) electrons. The Hall–Kier alpha value is -3.10. The number of piperidine rings is 1. The lowest BCUT2D eigenvalue weighted by Crippen LogP contribution is -2.55. The molecule has 8 heteroatoms. The van der Waals surface area contributed by atoms with Crippen molar-refractivity contribution in [3.63, 3.8) is 0 Å². The van der Waals surface area contributed by atoms with Gasteiger partial charge in [-0.3, -0.25) is 14.6 Å². The molecule has 2 saturated heterocycles. The van der Waals surface area contributed by atoms with Crippen molar-refractivity contribution in [2.75, 3.05) is 40.0 Å². The molecule has 2 aromatic rings. The van der Waals surface area contributed by atoms with Crippen LogP contribution in [0.1, 0.15) is 37.3 Å². The number of methoxy groups -OCH3 is 1. The van der Waals surface area contributed by atoms with Crippen LogP contribution >= 0.6 is 0 Å². The van der Waals surface area contributed by atoms with Gasteiger partial charge in [0.1, 0.15) is 23.6 Å². The second-order valence-electron chi connectivity index (χ2n) is 9.58. The Morgan fingerprint density at radius 1 is 1.06 bits per heavy atom. The molecule has 2 aliphatic heterocycles. The maximum absolute atomic E-state index is 13.6. The molecule has 3 amide bonds. The molecule has 1 atom stereocenters. The van der Waals surface area contributed by atoms with Crippen molar-refractivity contribution in [2.24, 2.45) is 5.92 Å². The number of imide groups is 1. The molecule has 2 heterocycles. The molecule has 0 unspecified atom stereocenters. The number of nitrogens with one attached hydrogen (secondary N) is 1. The first-order valence-corrected chi connectivity index (χ1v) is 12.8. The van der Waals surface area contributed by atoms with Gasteiger partial charge in [-0.1, -0.05) is 31.2 Å². The monoisotopic (exact) mass is 495 g/mol. The summed E-state index contributed by atoms with van der Waals surface area (Å²) in [7, 11) is 1.63. The van der Waals surface area contributed by atoms with Gasteiger partial charge in [-0.05, 0) is 80.1 Å². The van der Waals surface area contributed by atoms with E-state index in [-0.39, 0.29) is 31.1 Å². The van der Waals surface area contributed by atoms with Crippen LogP contribution < -0.4 is 14.8 Å². The zero-order valence-corrected chi connectivity index (χ0v) is 21.2. The molecule has 2 fully saturated rings. The summed E-state index contributed by atoms with van der Waals surface area (Å²) in [5.41, 5.74) is 1.40. The molecule has 0 aromatic heterocycles. The summed E-state index contributed by atoms with van der Waals surface area (Å²) in [4.78, 5) is 30.2. The highest BCUT2D eigenvalue weighted by Crippen LogP contribution is 2.36. The van der Waals surface area contributed by atoms with Gasteiger partial charge >= 0.3 is 6.03 Å². The van der Waals surface area contributed by atoms with Crippen molar-refractivity contribution in [1.29, 1.82) is 0 Å². The summed E-state index contributed by atoms with van der Waals surface area (Å²) in [6.45, 7) is 5.17. The maximum atomic E-state index is 13.6. The number of hydrogen-bond acceptors (Lipinski definition) is 6. The van der Waals surface area contributed by atoms with Crippen LogP contribution in [0.3, 0.4) is 0 Å². The molecule has 0 aliphatic carbocycles. The van der Waals surface area contributed by atoms with Crippen molar-refractivity contribution < 1.29 is 24.2 Å². The van der Waals surface area contributed by atoms with Crippen LogP contribution in [0, 0.1) is 5.92 Å². The Kier molecular flexibility index (Phi) is 8.48. The summed E-state index contributed by atoms with van der Waals surface area (Å²) in [5.74, 6) is 1.57. The minimum absolute atomic E-state index is 0.00884. The molecule has 36 heavy (non-hydrogen) atoms. The SMILES string of the molecule is CC[C@]1(C2CCN(Cc3cccc(OCCO)c3)CC2)NC(=O)N(CCc2ccc(OC)cc2)C1=O.